The van der Waals surface area contributed by atoms with Gasteiger partial charge in [-0.25, -0.2) is 13.4 Å². The molecule has 0 unspecified atom stereocenters. The maximum absolute atomic E-state index is 12.3. The molecule has 1 saturated heterocycles. The van der Waals surface area contributed by atoms with Crippen LogP contribution in [0, 0.1) is 0 Å². The van der Waals surface area contributed by atoms with Gasteiger partial charge in [0.2, 0.25) is 5.91 Å². The molecule has 1 amide bonds. The molecule has 0 spiro atoms. The highest BCUT2D eigenvalue weighted by Gasteiger charge is 2.16. The second-order valence-corrected chi connectivity index (χ2v) is 11.7. The fraction of sp³-hybridized carbons (Fsp3) is 0.304. The van der Waals surface area contributed by atoms with Crippen molar-refractivity contribution in [1.29, 1.82) is 0 Å². The summed E-state index contributed by atoms with van der Waals surface area (Å²) < 4.78 is 37.5. The van der Waals surface area contributed by atoms with Gasteiger partial charge in [0.15, 0.2) is 20.5 Å². The van der Waals surface area contributed by atoms with Crippen LogP contribution in [0.3, 0.4) is 0 Å². The lowest BCUT2D eigenvalue weighted by molar-refractivity contribution is -0.178. The van der Waals surface area contributed by atoms with Crippen LogP contribution in [-0.4, -0.2) is 50.3 Å². The van der Waals surface area contributed by atoms with E-state index in [0.29, 0.717) is 5.69 Å². The summed E-state index contributed by atoms with van der Waals surface area (Å²) in [4.78, 5) is 16.9. The van der Waals surface area contributed by atoms with Crippen LogP contribution in [0.25, 0.3) is 16.3 Å². The van der Waals surface area contributed by atoms with Crippen molar-refractivity contribution in [3.05, 3.63) is 59.5 Å². The van der Waals surface area contributed by atoms with Crippen molar-refractivity contribution < 1.29 is 22.7 Å². The highest BCUT2D eigenvalue weighted by molar-refractivity contribution is 8.01. The molecule has 1 aromatic heterocycles. The van der Waals surface area contributed by atoms with Gasteiger partial charge in [0, 0.05) is 23.3 Å². The van der Waals surface area contributed by atoms with E-state index in [4.69, 9.17) is 9.47 Å². The molecule has 0 atom stereocenters. The Morgan fingerprint density at radius 3 is 2.76 bits per heavy atom. The number of nitrogens with zero attached hydrogens (tertiary/aromatic N) is 1. The van der Waals surface area contributed by atoms with E-state index in [1.807, 2.05) is 30.3 Å². The molecule has 1 aliphatic heterocycles. The Morgan fingerprint density at radius 2 is 1.97 bits per heavy atom. The number of hydrogen-bond acceptors (Lipinski definition) is 8. The van der Waals surface area contributed by atoms with Gasteiger partial charge < -0.3 is 14.8 Å². The SMILES string of the molecule is O=C(CS(=O)(=O)C=Cc1ccccc1)Nc1ccc2nc(SCCC3OCCCO3)sc2c1. The molecule has 0 aliphatic carbocycles. The number of sulfone groups is 1. The van der Waals surface area contributed by atoms with E-state index in [1.165, 1.54) is 17.4 Å². The molecule has 1 N–H and O–H groups in total. The van der Waals surface area contributed by atoms with E-state index in [9.17, 15) is 13.2 Å². The van der Waals surface area contributed by atoms with Crippen LogP contribution in [0.1, 0.15) is 18.4 Å². The Hall–Kier alpha value is -2.24. The van der Waals surface area contributed by atoms with Crippen molar-refractivity contribution >= 4 is 60.8 Å². The van der Waals surface area contributed by atoms with E-state index < -0.39 is 21.5 Å². The van der Waals surface area contributed by atoms with Gasteiger partial charge in [0.1, 0.15) is 5.75 Å². The highest BCUT2D eigenvalue weighted by atomic mass is 32.2. The average Bonchev–Trinajstić information content (AvgIpc) is 3.21. The van der Waals surface area contributed by atoms with Crippen LogP contribution in [-0.2, 0) is 24.1 Å². The molecule has 7 nitrogen and oxygen atoms in total. The average molecular weight is 505 g/mol. The largest absolute Gasteiger partial charge is 0.353 e. The number of aromatic nitrogens is 1. The van der Waals surface area contributed by atoms with E-state index in [-0.39, 0.29) is 6.29 Å². The molecule has 174 valence electrons. The van der Waals surface area contributed by atoms with Gasteiger partial charge in [-0.3, -0.25) is 4.79 Å². The number of thioether (sulfide) groups is 1. The van der Waals surface area contributed by atoms with Crippen LogP contribution in [0.2, 0.25) is 0 Å². The molecule has 3 aromatic rings. The minimum atomic E-state index is -3.68. The van der Waals surface area contributed by atoms with Crippen molar-refractivity contribution in [2.45, 2.75) is 23.5 Å². The molecule has 0 radical (unpaired) electrons. The second-order valence-electron chi connectivity index (χ2n) is 7.39. The number of fused-ring (bicyclic) bond motifs is 1. The van der Waals surface area contributed by atoms with Crippen molar-refractivity contribution in [3.8, 4) is 0 Å². The Balaban J connectivity index is 1.31. The van der Waals surface area contributed by atoms with Gasteiger partial charge in [0.25, 0.3) is 0 Å². The van der Waals surface area contributed by atoms with E-state index in [2.05, 4.69) is 10.3 Å². The summed E-state index contributed by atoms with van der Waals surface area (Å²) in [6.07, 6.45) is 3.09. The minimum Gasteiger partial charge on any atom is -0.353 e. The van der Waals surface area contributed by atoms with Crippen LogP contribution in [0.4, 0.5) is 5.69 Å². The van der Waals surface area contributed by atoms with Crippen molar-refractivity contribution in [1.82, 2.24) is 4.98 Å². The van der Waals surface area contributed by atoms with Gasteiger partial charge in [-0.05, 0) is 36.3 Å². The van der Waals surface area contributed by atoms with E-state index in [0.717, 1.165) is 57.3 Å². The summed E-state index contributed by atoms with van der Waals surface area (Å²) >= 11 is 3.18. The third-order valence-corrected chi connectivity index (χ3v) is 8.14. The zero-order chi connectivity index (χ0) is 23.1. The van der Waals surface area contributed by atoms with Crippen molar-refractivity contribution in [2.75, 3.05) is 30.0 Å². The number of hydrogen-bond donors (Lipinski definition) is 1. The van der Waals surface area contributed by atoms with Crippen LogP contribution < -0.4 is 5.32 Å². The molecule has 33 heavy (non-hydrogen) atoms. The molecule has 2 aromatic carbocycles. The zero-order valence-electron chi connectivity index (χ0n) is 17.8. The Morgan fingerprint density at radius 1 is 1.18 bits per heavy atom. The number of thiazole rings is 1. The Labute approximate surface area is 201 Å². The van der Waals surface area contributed by atoms with E-state index >= 15 is 0 Å². The predicted molar refractivity (Wildman–Crippen MR) is 133 cm³/mol. The molecular weight excluding hydrogens is 480 g/mol. The lowest BCUT2D eigenvalue weighted by atomic mass is 10.2. The van der Waals surface area contributed by atoms with Crippen LogP contribution >= 0.6 is 23.1 Å². The minimum absolute atomic E-state index is 0.138. The molecule has 10 heteroatoms. The summed E-state index contributed by atoms with van der Waals surface area (Å²) in [5.41, 5.74) is 2.13. The monoisotopic (exact) mass is 504 g/mol. The standard InChI is InChI=1S/C23H24N2O5S3/c26-21(16-33(27,28)14-10-17-5-2-1-3-6-17)24-18-7-8-19-20(15-18)32-23(25-19)31-13-9-22-29-11-4-12-30-22/h1-3,5-8,10,14-15,22H,4,9,11-13,16H2,(H,24,26). The van der Waals surface area contributed by atoms with Gasteiger partial charge in [0.05, 0.1) is 23.4 Å². The number of anilines is 1. The number of nitrogens with one attached hydrogen (secondary N) is 1. The molecule has 1 aliphatic rings. The molecule has 1 fully saturated rings. The van der Waals surface area contributed by atoms with Crippen LogP contribution in [0.15, 0.2) is 58.3 Å². The van der Waals surface area contributed by atoms with Crippen molar-refractivity contribution in [3.63, 3.8) is 0 Å². The summed E-state index contributed by atoms with van der Waals surface area (Å²) in [5, 5.41) is 3.74. The normalized spacial score (nSPS) is 15.3. The maximum atomic E-state index is 12.3. The van der Waals surface area contributed by atoms with Crippen molar-refractivity contribution in [2.24, 2.45) is 0 Å². The summed E-state index contributed by atoms with van der Waals surface area (Å²) in [5.74, 6) is -0.370. The molecule has 4 rings (SSSR count). The number of rotatable bonds is 9. The summed E-state index contributed by atoms with van der Waals surface area (Å²) in [7, 11) is -3.68. The predicted octanol–water partition coefficient (Wildman–Crippen LogP) is 4.57. The molecule has 2 heterocycles. The van der Waals surface area contributed by atoms with Crippen LogP contribution in [0.5, 0.6) is 0 Å². The topological polar surface area (TPSA) is 94.6 Å². The highest BCUT2D eigenvalue weighted by Crippen LogP contribution is 2.32. The quantitative estimate of drug-likeness (QED) is 0.427. The number of carbonyl (C=O) groups excluding carboxylic acids is 1. The van der Waals surface area contributed by atoms with Gasteiger partial charge in [-0.15, -0.1) is 11.3 Å². The first-order chi connectivity index (χ1) is 16.0. The maximum Gasteiger partial charge on any atom is 0.239 e. The number of amides is 1. The van der Waals surface area contributed by atoms with Gasteiger partial charge in [-0.2, -0.15) is 0 Å². The number of ether oxygens (including phenoxy) is 2. The first-order valence-electron chi connectivity index (χ1n) is 10.5. The fourth-order valence-corrected chi connectivity index (χ4v) is 6.20. The zero-order valence-corrected chi connectivity index (χ0v) is 20.3. The summed E-state index contributed by atoms with van der Waals surface area (Å²) in [6.45, 7) is 1.49. The second kappa shape index (κ2) is 11.3. The number of benzene rings is 2. The summed E-state index contributed by atoms with van der Waals surface area (Å²) in [6, 6.07) is 14.4. The Kier molecular flexibility index (Phi) is 8.15. The van der Waals surface area contributed by atoms with E-state index in [1.54, 1.807) is 30.0 Å². The lowest BCUT2D eigenvalue weighted by Gasteiger charge is -2.22. The first-order valence-corrected chi connectivity index (χ1v) is 14.0. The first kappa shape index (κ1) is 23.9. The number of carbonyl (C=O) groups is 1. The third-order valence-electron chi connectivity index (χ3n) is 4.73. The smallest absolute Gasteiger partial charge is 0.239 e. The van der Waals surface area contributed by atoms with Gasteiger partial charge in [-0.1, -0.05) is 42.1 Å². The lowest BCUT2D eigenvalue weighted by Crippen LogP contribution is -2.25. The molecule has 0 bridgehead atoms. The van der Waals surface area contributed by atoms with Gasteiger partial charge >= 0.3 is 0 Å². The third kappa shape index (κ3) is 7.38. The molecule has 0 saturated carbocycles. The Bertz CT molecular complexity index is 1220. The fourth-order valence-electron chi connectivity index (χ4n) is 3.16. The molecular formula is C23H24N2O5S3.